The number of halogens is 1. The summed E-state index contributed by atoms with van der Waals surface area (Å²) in [7, 11) is 0. The van der Waals surface area contributed by atoms with Crippen molar-refractivity contribution in [3.63, 3.8) is 0 Å². The van der Waals surface area contributed by atoms with Crippen LogP contribution in [0.2, 0.25) is 0 Å². The highest BCUT2D eigenvalue weighted by Crippen LogP contribution is 2.50. The third-order valence-electron chi connectivity index (χ3n) is 6.57. The summed E-state index contributed by atoms with van der Waals surface area (Å²) in [4.78, 5) is 0.557. The lowest BCUT2D eigenvalue weighted by Crippen LogP contribution is -2.29. The second-order valence-electron chi connectivity index (χ2n) is 8.60. The molecule has 26 heavy (non-hydrogen) atoms. The summed E-state index contributed by atoms with van der Waals surface area (Å²) in [5.41, 5.74) is 2.26. The van der Waals surface area contributed by atoms with Gasteiger partial charge in [-0.3, -0.25) is 0 Å². The first-order valence-electron chi connectivity index (χ1n) is 11.4. The summed E-state index contributed by atoms with van der Waals surface area (Å²) < 4.78 is 0. The molecular weight excluding hydrogens is 380 g/mol. The van der Waals surface area contributed by atoms with Crippen molar-refractivity contribution in [2.45, 2.75) is 109 Å². The smallest absolute Gasteiger partial charge is 0.0325 e. The minimum atomic E-state index is 0.453. The van der Waals surface area contributed by atoms with Gasteiger partial charge in [0, 0.05) is 4.83 Å². The lowest BCUT2D eigenvalue weighted by molar-refractivity contribution is 0.227. The number of alkyl halides is 1. The van der Waals surface area contributed by atoms with Crippen LogP contribution in [-0.2, 0) is 0 Å². The van der Waals surface area contributed by atoms with Gasteiger partial charge in [-0.2, -0.15) is 0 Å². The van der Waals surface area contributed by atoms with Crippen LogP contribution in [-0.4, -0.2) is 4.83 Å². The summed E-state index contributed by atoms with van der Waals surface area (Å²) in [5, 5.41) is 0. The van der Waals surface area contributed by atoms with Crippen LogP contribution >= 0.6 is 15.9 Å². The van der Waals surface area contributed by atoms with E-state index in [9.17, 15) is 0 Å². The Morgan fingerprint density at radius 1 is 0.923 bits per heavy atom. The number of hydrogen-bond acceptors (Lipinski definition) is 0. The zero-order valence-corrected chi connectivity index (χ0v) is 18.9. The molecule has 0 spiro atoms. The highest BCUT2D eigenvalue weighted by Gasteiger charge is 2.37. The van der Waals surface area contributed by atoms with Gasteiger partial charge in [0.1, 0.15) is 0 Å². The molecule has 0 aliphatic heterocycles. The SMILES string of the molecule is CCCCCCC1(CCCCCC)CCC(Br)/C=C\CC2CC=CC=C21. The Hall–Kier alpha value is -0.300. The first-order valence-corrected chi connectivity index (χ1v) is 12.3. The average Bonchev–Trinajstić information content (AvgIpc) is 2.72. The summed E-state index contributed by atoms with van der Waals surface area (Å²) in [6, 6.07) is 0. The molecule has 0 aromatic rings. The fourth-order valence-electron chi connectivity index (χ4n) is 5.00. The highest BCUT2D eigenvalue weighted by molar-refractivity contribution is 9.09. The molecule has 148 valence electrons. The lowest BCUT2D eigenvalue weighted by atomic mass is 9.63. The van der Waals surface area contributed by atoms with Gasteiger partial charge < -0.3 is 0 Å². The predicted molar refractivity (Wildman–Crippen MR) is 121 cm³/mol. The number of fused-ring (bicyclic) bond motifs is 1. The van der Waals surface area contributed by atoms with E-state index < -0.39 is 0 Å². The molecule has 2 unspecified atom stereocenters. The quantitative estimate of drug-likeness (QED) is 0.188. The Bertz CT molecular complexity index is 459. The van der Waals surface area contributed by atoms with E-state index in [0.29, 0.717) is 10.2 Å². The second kappa shape index (κ2) is 12.2. The maximum absolute atomic E-state index is 3.92. The molecule has 0 saturated heterocycles. The van der Waals surface area contributed by atoms with Crippen LogP contribution in [0.4, 0.5) is 0 Å². The van der Waals surface area contributed by atoms with E-state index in [1.165, 1.54) is 89.9 Å². The summed E-state index contributed by atoms with van der Waals surface area (Å²) >= 11 is 3.92. The maximum Gasteiger partial charge on any atom is 0.0325 e. The van der Waals surface area contributed by atoms with Crippen molar-refractivity contribution in [2.24, 2.45) is 11.3 Å². The van der Waals surface area contributed by atoms with E-state index in [1.54, 1.807) is 5.57 Å². The normalized spacial score (nSPS) is 26.3. The molecule has 1 heteroatoms. The molecule has 0 bridgehead atoms. The van der Waals surface area contributed by atoms with E-state index in [1.807, 2.05) is 0 Å². The van der Waals surface area contributed by atoms with E-state index >= 15 is 0 Å². The van der Waals surface area contributed by atoms with Crippen LogP contribution in [0.3, 0.4) is 0 Å². The number of unbranched alkanes of at least 4 members (excludes halogenated alkanes) is 6. The van der Waals surface area contributed by atoms with Crippen LogP contribution in [0.15, 0.2) is 36.0 Å². The Morgan fingerprint density at radius 3 is 2.23 bits per heavy atom. The average molecular weight is 422 g/mol. The summed E-state index contributed by atoms with van der Waals surface area (Å²) in [5.74, 6) is 0.742. The topological polar surface area (TPSA) is 0 Å². The molecule has 2 atom stereocenters. The molecule has 0 N–H and O–H groups in total. The molecule has 2 aliphatic carbocycles. The van der Waals surface area contributed by atoms with Crippen molar-refractivity contribution >= 4 is 15.9 Å². The van der Waals surface area contributed by atoms with Crippen molar-refractivity contribution in [3.8, 4) is 0 Å². The third-order valence-corrected chi connectivity index (χ3v) is 7.33. The second-order valence-corrected chi connectivity index (χ2v) is 9.78. The summed E-state index contributed by atoms with van der Waals surface area (Å²) in [6.45, 7) is 4.65. The minimum absolute atomic E-state index is 0.453. The molecule has 0 aromatic heterocycles. The van der Waals surface area contributed by atoms with Crippen LogP contribution < -0.4 is 0 Å². The number of allylic oxidation sites excluding steroid dienone is 6. The van der Waals surface area contributed by atoms with Gasteiger partial charge in [-0.1, -0.05) is 117 Å². The largest absolute Gasteiger partial charge is 0.0868 e. The fraction of sp³-hybridized carbons (Fsp3) is 0.760. The summed E-state index contributed by atoms with van der Waals surface area (Å²) in [6.07, 6.45) is 31.2. The minimum Gasteiger partial charge on any atom is -0.0868 e. The molecule has 0 aromatic carbocycles. The van der Waals surface area contributed by atoms with Crippen molar-refractivity contribution in [3.05, 3.63) is 36.0 Å². The number of hydrogen-bond donors (Lipinski definition) is 0. The third kappa shape index (κ3) is 6.70. The molecular formula is C25H41Br. The van der Waals surface area contributed by atoms with Gasteiger partial charge in [-0.05, 0) is 49.9 Å². The van der Waals surface area contributed by atoms with Crippen LogP contribution in [0.5, 0.6) is 0 Å². The monoisotopic (exact) mass is 420 g/mol. The predicted octanol–water partition coefficient (Wildman–Crippen LogP) is 8.92. The molecule has 0 fully saturated rings. The Morgan fingerprint density at radius 2 is 1.58 bits per heavy atom. The van der Waals surface area contributed by atoms with E-state index in [0.717, 1.165) is 5.92 Å². The lowest BCUT2D eigenvalue weighted by Gasteiger charge is -2.41. The van der Waals surface area contributed by atoms with Gasteiger partial charge >= 0.3 is 0 Å². The van der Waals surface area contributed by atoms with Crippen LogP contribution in [0, 0.1) is 11.3 Å². The van der Waals surface area contributed by atoms with Crippen LogP contribution in [0.25, 0.3) is 0 Å². The van der Waals surface area contributed by atoms with Crippen molar-refractivity contribution in [1.29, 1.82) is 0 Å². The molecule has 2 rings (SSSR count). The zero-order chi connectivity index (χ0) is 18.7. The molecule has 0 radical (unpaired) electrons. The highest BCUT2D eigenvalue weighted by atomic mass is 79.9. The Kier molecular flexibility index (Phi) is 10.3. The standard InChI is InChI=1S/C25H41Br/c1-3-5-7-11-19-25(20-12-8-6-4-2)21-18-23(26)16-13-15-22-14-9-10-17-24(22)25/h9-10,13,16-17,22-23H,3-8,11-12,14-15,18-21H2,1-2H3/b16-13-. The van der Waals surface area contributed by atoms with Gasteiger partial charge in [-0.15, -0.1) is 0 Å². The molecule has 0 amide bonds. The van der Waals surface area contributed by atoms with E-state index in [-0.39, 0.29) is 0 Å². The maximum atomic E-state index is 3.92. The molecule has 2 aliphatic rings. The van der Waals surface area contributed by atoms with Crippen LogP contribution in [0.1, 0.15) is 104 Å². The fourth-order valence-corrected chi connectivity index (χ4v) is 5.44. The van der Waals surface area contributed by atoms with E-state index in [4.69, 9.17) is 0 Å². The van der Waals surface area contributed by atoms with Gasteiger partial charge in [0.15, 0.2) is 0 Å². The molecule has 0 heterocycles. The van der Waals surface area contributed by atoms with Crippen molar-refractivity contribution < 1.29 is 0 Å². The molecule has 0 saturated carbocycles. The van der Waals surface area contributed by atoms with Crippen molar-refractivity contribution in [2.75, 3.05) is 0 Å². The Labute approximate surface area is 171 Å². The first-order chi connectivity index (χ1) is 12.7. The van der Waals surface area contributed by atoms with Gasteiger partial charge in [0.25, 0.3) is 0 Å². The van der Waals surface area contributed by atoms with Gasteiger partial charge in [0.2, 0.25) is 0 Å². The van der Waals surface area contributed by atoms with E-state index in [2.05, 4.69) is 60.2 Å². The first kappa shape index (κ1) is 22.0. The Balaban J connectivity index is 2.21. The zero-order valence-electron chi connectivity index (χ0n) is 17.3. The van der Waals surface area contributed by atoms with Crippen molar-refractivity contribution in [1.82, 2.24) is 0 Å². The number of rotatable bonds is 10. The molecule has 0 nitrogen and oxygen atoms in total. The van der Waals surface area contributed by atoms with Gasteiger partial charge in [-0.25, -0.2) is 0 Å². The van der Waals surface area contributed by atoms with Gasteiger partial charge in [0.05, 0.1) is 0 Å².